The molecule has 0 atom stereocenters. The number of rotatable bonds is 9. The van der Waals surface area contributed by atoms with E-state index in [0.29, 0.717) is 13.0 Å². The molecule has 0 bridgehead atoms. The van der Waals surface area contributed by atoms with Gasteiger partial charge in [0, 0.05) is 25.9 Å². The van der Waals surface area contributed by atoms with Crippen molar-refractivity contribution in [1.29, 1.82) is 0 Å². The van der Waals surface area contributed by atoms with Gasteiger partial charge in [0.2, 0.25) is 0 Å². The molecule has 0 unspecified atom stereocenters. The minimum absolute atomic E-state index is 0.157. The predicted molar refractivity (Wildman–Crippen MR) is 76.8 cm³/mol. The second-order valence-electron chi connectivity index (χ2n) is 4.44. The van der Waals surface area contributed by atoms with Crippen LogP contribution in [0, 0.1) is 0 Å². The molecule has 4 nitrogen and oxygen atoms in total. The first-order valence-electron chi connectivity index (χ1n) is 6.68. The second kappa shape index (κ2) is 8.67. The molecule has 0 spiro atoms. The van der Waals surface area contributed by atoms with Gasteiger partial charge in [0.05, 0.1) is 6.61 Å². The lowest BCUT2D eigenvalue weighted by atomic mass is 10.0. The highest BCUT2D eigenvalue weighted by atomic mass is 16.5. The Morgan fingerprint density at radius 1 is 1.37 bits per heavy atom. The molecule has 0 amide bonds. The van der Waals surface area contributed by atoms with E-state index in [-0.39, 0.29) is 13.2 Å². The molecule has 4 heteroatoms. The van der Waals surface area contributed by atoms with Crippen LogP contribution in [0.5, 0.6) is 0 Å². The lowest BCUT2D eigenvalue weighted by Crippen LogP contribution is -2.18. The number of aliphatic hydroxyl groups excluding tert-OH is 1. The van der Waals surface area contributed by atoms with Crippen molar-refractivity contribution in [3.8, 4) is 0 Å². The molecule has 0 saturated heterocycles. The monoisotopic (exact) mass is 265 g/mol. The molecule has 0 heterocycles. The maximum absolute atomic E-state index is 10.2. The van der Waals surface area contributed by atoms with Crippen LogP contribution in [-0.4, -0.2) is 44.8 Å². The van der Waals surface area contributed by atoms with Crippen LogP contribution >= 0.6 is 0 Å². The molecule has 0 aromatic heterocycles. The summed E-state index contributed by atoms with van der Waals surface area (Å²) in [5.41, 5.74) is 3.50. The molecule has 0 aliphatic rings. The highest BCUT2D eigenvalue weighted by Crippen LogP contribution is 2.22. The zero-order chi connectivity index (χ0) is 14.1. The van der Waals surface area contributed by atoms with Crippen molar-refractivity contribution >= 4 is 12.0 Å². The van der Waals surface area contributed by atoms with Crippen molar-refractivity contribution < 1.29 is 14.6 Å². The smallest absolute Gasteiger partial charge is 0.145 e. The van der Waals surface area contributed by atoms with E-state index in [0.717, 1.165) is 30.5 Å². The van der Waals surface area contributed by atoms with E-state index in [1.807, 2.05) is 7.05 Å². The van der Waals surface area contributed by atoms with Crippen LogP contribution in [0.4, 0.5) is 5.69 Å². The molecule has 0 fully saturated rings. The average Bonchev–Trinajstić information content (AvgIpc) is 2.44. The third-order valence-corrected chi connectivity index (χ3v) is 3.14. The van der Waals surface area contributed by atoms with Crippen LogP contribution in [0.2, 0.25) is 0 Å². The molecular formula is C15H23NO3. The summed E-state index contributed by atoms with van der Waals surface area (Å²) < 4.78 is 5.17. The Kier molecular flexibility index (Phi) is 7.15. The number of anilines is 1. The van der Waals surface area contributed by atoms with Gasteiger partial charge < -0.3 is 19.5 Å². The molecule has 19 heavy (non-hydrogen) atoms. The molecular weight excluding hydrogens is 242 g/mol. The Morgan fingerprint density at radius 2 is 2.16 bits per heavy atom. The molecule has 1 aromatic carbocycles. The summed E-state index contributed by atoms with van der Waals surface area (Å²) >= 11 is 0. The lowest BCUT2D eigenvalue weighted by molar-refractivity contribution is -0.111. The fraction of sp³-hybridized carbons (Fsp3) is 0.533. The molecule has 1 rings (SSSR count). The van der Waals surface area contributed by atoms with E-state index in [2.05, 4.69) is 30.0 Å². The Labute approximate surface area is 115 Å². The van der Waals surface area contributed by atoms with Crippen molar-refractivity contribution in [1.82, 2.24) is 0 Å². The number of benzene rings is 1. The van der Waals surface area contributed by atoms with Gasteiger partial charge in [-0.15, -0.1) is 0 Å². The van der Waals surface area contributed by atoms with E-state index >= 15 is 0 Å². The summed E-state index contributed by atoms with van der Waals surface area (Å²) in [6, 6.07) is 6.26. The van der Waals surface area contributed by atoms with Gasteiger partial charge in [-0.05, 0) is 37.0 Å². The van der Waals surface area contributed by atoms with Crippen molar-refractivity contribution in [2.24, 2.45) is 0 Å². The summed E-state index contributed by atoms with van der Waals surface area (Å²) in [4.78, 5) is 12.3. The number of nitrogens with zero attached hydrogens (tertiary/aromatic N) is 1. The van der Waals surface area contributed by atoms with E-state index in [9.17, 15) is 4.79 Å². The number of carbonyl (C=O) groups is 1. The van der Waals surface area contributed by atoms with Crippen LogP contribution in [-0.2, 0) is 22.4 Å². The summed E-state index contributed by atoms with van der Waals surface area (Å²) in [6.45, 7) is 3.89. The third kappa shape index (κ3) is 5.01. The van der Waals surface area contributed by atoms with Crippen LogP contribution in [0.15, 0.2) is 18.2 Å². The summed E-state index contributed by atoms with van der Waals surface area (Å²) in [5.74, 6) is 0. The van der Waals surface area contributed by atoms with Gasteiger partial charge in [0.15, 0.2) is 0 Å². The third-order valence-electron chi connectivity index (χ3n) is 3.14. The average molecular weight is 265 g/mol. The van der Waals surface area contributed by atoms with Gasteiger partial charge in [-0.1, -0.05) is 12.1 Å². The first-order valence-corrected chi connectivity index (χ1v) is 6.68. The van der Waals surface area contributed by atoms with Crippen LogP contribution < -0.4 is 4.90 Å². The molecule has 0 aliphatic heterocycles. The zero-order valence-corrected chi connectivity index (χ0v) is 11.8. The topological polar surface area (TPSA) is 49.8 Å². The SMILES string of the molecule is CCN(C)c1cc(CCOCC=O)ccc1CCO. The second-order valence-corrected chi connectivity index (χ2v) is 4.44. The molecule has 0 radical (unpaired) electrons. The number of aldehydes is 1. The van der Waals surface area contributed by atoms with Gasteiger partial charge in [-0.2, -0.15) is 0 Å². The standard InChI is InChI=1S/C15H23NO3/c1-3-16(2)15-12-13(7-10-19-11-9-18)4-5-14(15)6-8-17/h4-5,9,12,17H,3,6-8,10-11H2,1-2H3. The molecule has 1 aromatic rings. The van der Waals surface area contributed by atoms with E-state index in [1.165, 1.54) is 5.56 Å². The summed E-state index contributed by atoms with van der Waals surface area (Å²) in [7, 11) is 2.04. The summed E-state index contributed by atoms with van der Waals surface area (Å²) in [6.07, 6.45) is 2.22. The van der Waals surface area contributed by atoms with Gasteiger partial charge in [0.25, 0.3) is 0 Å². The number of hydrogen-bond acceptors (Lipinski definition) is 4. The Bertz CT molecular complexity index is 393. The zero-order valence-electron chi connectivity index (χ0n) is 11.8. The van der Waals surface area contributed by atoms with E-state index in [1.54, 1.807) is 0 Å². The van der Waals surface area contributed by atoms with E-state index < -0.39 is 0 Å². The Balaban J connectivity index is 2.76. The van der Waals surface area contributed by atoms with Gasteiger partial charge in [0.1, 0.15) is 12.9 Å². The molecule has 1 N–H and O–H groups in total. The first-order chi connectivity index (χ1) is 9.22. The first kappa shape index (κ1) is 15.7. The largest absolute Gasteiger partial charge is 0.396 e. The van der Waals surface area contributed by atoms with Crippen LogP contribution in [0.25, 0.3) is 0 Å². The fourth-order valence-corrected chi connectivity index (χ4v) is 1.94. The fourth-order valence-electron chi connectivity index (χ4n) is 1.94. The number of aliphatic hydroxyl groups is 1. The highest BCUT2D eigenvalue weighted by molar-refractivity contribution is 5.55. The summed E-state index contributed by atoms with van der Waals surface area (Å²) in [5, 5.41) is 9.10. The quantitative estimate of drug-likeness (QED) is 0.542. The number of carbonyl (C=O) groups excluding carboxylic acids is 1. The number of ether oxygens (including phenoxy) is 1. The molecule has 106 valence electrons. The number of hydrogen-bond donors (Lipinski definition) is 1. The predicted octanol–water partition coefficient (Wildman–Crippen LogP) is 1.44. The van der Waals surface area contributed by atoms with Crippen molar-refractivity contribution in [3.63, 3.8) is 0 Å². The molecule has 0 saturated carbocycles. The highest BCUT2D eigenvalue weighted by Gasteiger charge is 2.07. The van der Waals surface area contributed by atoms with Crippen molar-refractivity contribution in [3.05, 3.63) is 29.3 Å². The minimum atomic E-state index is 0.157. The van der Waals surface area contributed by atoms with Crippen molar-refractivity contribution in [2.45, 2.75) is 19.8 Å². The van der Waals surface area contributed by atoms with Crippen LogP contribution in [0.3, 0.4) is 0 Å². The Morgan fingerprint density at radius 3 is 2.79 bits per heavy atom. The van der Waals surface area contributed by atoms with Gasteiger partial charge >= 0.3 is 0 Å². The van der Waals surface area contributed by atoms with Crippen molar-refractivity contribution in [2.75, 3.05) is 38.3 Å². The van der Waals surface area contributed by atoms with Gasteiger partial charge in [-0.25, -0.2) is 0 Å². The normalized spacial score (nSPS) is 10.5. The van der Waals surface area contributed by atoms with Gasteiger partial charge in [-0.3, -0.25) is 0 Å². The maximum atomic E-state index is 10.2. The molecule has 0 aliphatic carbocycles. The van der Waals surface area contributed by atoms with Crippen LogP contribution in [0.1, 0.15) is 18.1 Å². The minimum Gasteiger partial charge on any atom is -0.396 e. The van der Waals surface area contributed by atoms with E-state index in [4.69, 9.17) is 9.84 Å². The maximum Gasteiger partial charge on any atom is 0.145 e. The Hall–Kier alpha value is -1.39. The lowest BCUT2D eigenvalue weighted by Gasteiger charge is -2.21.